The van der Waals surface area contributed by atoms with Gasteiger partial charge < -0.3 is 26.1 Å². The van der Waals surface area contributed by atoms with Gasteiger partial charge >= 0.3 is 0 Å². The molecule has 0 aliphatic carbocycles. The van der Waals surface area contributed by atoms with E-state index in [4.69, 9.17) is 23.1 Å². The molecule has 0 saturated carbocycles. The highest BCUT2D eigenvalue weighted by atomic mass is 35.5. The van der Waals surface area contributed by atoms with E-state index in [1.807, 2.05) is 0 Å². The minimum Gasteiger partial charge on any atom is -0.359 e. The van der Waals surface area contributed by atoms with Gasteiger partial charge in [0.1, 0.15) is 22.0 Å². The Balaban J connectivity index is 1.50. The molecular weight excluding hydrogens is 502 g/mol. The Hall–Kier alpha value is -2.86. The molecule has 3 atom stereocenters. The molecule has 0 aromatic carbocycles. The minimum absolute atomic E-state index is 0.0735. The third-order valence-corrected chi connectivity index (χ3v) is 7.55. The molecule has 0 unspecified atom stereocenters. The highest BCUT2D eigenvalue weighted by Gasteiger charge is 2.38. The minimum atomic E-state index is -0.430. The molecule has 5 N–H and O–H groups in total. The number of unbranched alkanes of at least 4 members (excludes halogenated alkanes) is 1. The number of thiazole rings is 1. The molecule has 0 spiro atoms. The SMILES string of the molecule is CNC(=O)[C@H](CCCCN)CC(=O)c1csc([C@@H]2C[C@@H](N)CN2C(=O)c2cn3cc(Cl)ccc3n2)n1. The van der Waals surface area contributed by atoms with Crippen LogP contribution >= 0.6 is 22.9 Å². The van der Waals surface area contributed by atoms with Crippen LogP contribution in [-0.2, 0) is 4.79 Å². The number of hydrogen-bond acceptors (Lipinski definition) is 8. The standard InChI is InChI=1S/C24H30ClN7O3S/c1-28-22(34)14(4-2-3-7-26)8-20(33)18-13-36-23(30-18)19-9-16(27)11-32(19)24(35)17-12-31-10-15(25)5-6-21(31)29-17/h5-6,10,12-14,16,19H,2-4,7-9,11,26-27H2,1H3,(H,28,34)/t14-,16-,19+/m1/s1. The predicted octanol–water partition coefficient (Wildman–Crippen LogP) is 2.42. The van der Waals surface area contributed by atoms with Gasteiger partial charge in [0.05, 0.1) is 11.1 Å². The normalized spacial score (nSPS) is 18.5. The highest BCUT2D eigenvalue weighted by molar-refractivity contribution is 7.09. The number of nitrogens with two attached hydrogens (primary N) is 2. The molecular formula is C24H30ClN7O3S. The van der Waals surface area contributed by atoms with E-state index in [-0.39, 0.29) is 41.8 Å². The quantitative estimate of drug-likeness (QED) is 0.268. The second kappa shape index (κ2) is 11.5. The van der Waals surface area contributed by atoms with Crippen molar-refractivity contribution in [3.05, 3.63) is 51.3 Å². The Kier molecular flexibility index (Phi) is 8.35. The van der Waals surface area contributed by atoms with Gasteiger partial charge in [0.2, 0.25) is 5.91 Å². The topological polar surface area (TPSA) is 149 Å². The lowest BCUT2D eigenvalue weighted by atomic mass is 9.94. The van der Waals surface area contributed by atoms with Gasteiger partial charge in [-0.05, 0) is 37.9 Å². The summed E-state index contributed by atoms with van der Waals surface area (Å²) < 4.78 is 1.71. The molecule has 2 amide bonds. The average Bonchev–Trinajstić information content (AvgIpc) is 3.60. The molecule has 0 bridgehead atoms. The zero-order valence-electron chi connectivity index (χ0n) is 20.0. The number of pyridine rings is 1. The molecule has 1 fully saturated rings. The maximum absolute atomic E-state index is 13.4. The van der Waals surface area contributed by atoms with E-state index >= 15 is 0 Å². The molecule has 1 aliphatic rings. The number of amides is 2. The molecule has 12 heteroatoms. The van der Waals surface area contributed by atoms with Crippen molar-refractivity contribution >= 4 is 46.2 Å². The largest absolute Gasteiger partial charge is 0.359 e. The first kappa shape index (κ1) is 26.2. The molecule has 3 aromatic rings. The van der Waals surface area contributed by atoms with Gasteiger partial charge in [-0.15, -0.1) is 11.3 Å². The fourth-order valence-corrected chi connectivity index (χ4v) is 5.62. The van der Waals surface area contributed by atoms with Crippen molar-refractivity contribution in [2.75, 3.05) is 20.1 Å². The molecule has 3 aromatic heterocycles. The van der Waals surface area contributed by atoms with Crippen LogP contribution < -0.4 is 16.8 Å². The fourth-order valence-electron chi connectivity index (χ4n) is 4.50. The molecule has 0 radical (unpaired) electrons. The van der Waals surface area contributed by atoms with Crippen LogP contribution in [0.3, 0.4) is 0 Å². The van der Waals surface area contributed by atoms with Crippen LogP contribution in [0.4, 0.5) is 0 Å². The van der Waals surface area contributed by atoms with E-state index in [0.29, 0.717) is 47.3 Å². The van der Waals surface area contributed by atoms with Crippen molar-refractivity contribution in [1.82, 2.24) is 24.6 Å². The smallest absolute Gasteiger partial charge is 0.274 e. The number of hydrogen-bond donors (Lipinski definition) is 3. The van der Waals surface area contributed by atoms with Gasteiger partial charge in [-0.2, -0.15) is 0 Å². The number of nitrogens with zero attached hydrogens (tertiary/aromatic N) is 4. The van der Waals surface area contributed by atoms with E-state index in [0.717, 1.165) is 12.8 Å². The Morgan fingerprint density at radius 3 is 2.78 bits per heavy atom. The second-order valence-corrected chi connectivity index (χ2v) is 10.3. The zero-order chi connectivity index (χ0) is 25.8. The average molecular weight is 532 g/mol. The lowest BCUT2D eigenvalue weighted by Crippen LogP contribution is -2.33. The van der Waals surface area contributed by atoms with Crippen molar-refractivity contribution in [3.63, 3.8) is 0 Å². The van der Waals surface area contributed by atoms with Crippen LogP contribution in [0.25, 0.3) is 5.65 Å². The first-order valence-corrected chi connectivity index (χ1v) is 13.2. The van der Waals surface area contributed by atoms with Gasteiger partial charge in [-0.1, -0.05) is 18.0 Å². The van der Waals surface area contributed by atoms with Gasteiger partial charge in [0.15, 0.2) is 5.78 Å². The number of aromatic nitrogens is 3. The number of imidazole rings is 1. The van der Waals surface area contributed by atoms with Crippen molar-refractivity contribution in [2.24, 2.45) is 17.4 Å². The summed E-state index contributed by atoms with van der Waals surface area (Å²) in [6.07, 6.45) is 6.10. The van der Waals surface area contributed by atoms with Crippen molar-refractivity contribution in [2.45, 2.75) is 44.2 Å². The molecule has 192 valence electrons. The summed E-state index contributed by atoms with van der Waals surface area (Å²) in [5.74, 6) is -1.05. The number of carbonyl (C=O) groups excluding carboxylic acids is 3. The summed E-state index contributed by atoms with van der Waals surface area (Å²) in [6.45, 7) is 0.909. The number of Topliss-reactive ketones (excluding diaryl/α,β-unsaturated/α-hetero) is 1. The van der Waals surface area contributed by atoms with Gasteiger partial charge in [0.25, 0.3) is 5.91 Å². The zero-order valence-corrected chi connectivity index (χ0v) is 21.6. The van der Waals surface area contributed by atoms with Gasteiger partial charge in [-0.3, -0.25) is 14.4 Å². The molecule has 4 rings (SSSR count). The highest BCUT2D eigenvalue weighted by Crippen LogP contribution is 2.35. The summed E-state index contributed by atoms with van der Waals surface area (Å²) >= 11 is 7.37. The van der Waals surface area contributed by atoms with E-state index in [1.165, 1.54) is 11.3 Å². The summed E-state index contributed by atoms with van der Waals surface area (Å²) in [5.41, 5.74) is 13.0. The van der Waals surface area contributed by atoms with E-state index < -0.39 is 5.92 Å². The maximum atomic E-state index is 13.4. The number of halogens is 1. The monoisotopic (exact) mass is 531 g/mol. The number of carbonyl (C=O) groups is 3. The third kappa shape index (κ3) is 5.75. The van der Waals surface area contributed by atoms with Crippen molar-refractivity contribution in [3.8, 4) is 0 Å². The van der Waals surface area contributed by atoms with Crippen LogP contribution in [0.5, 0.6) is 0 Å². The van der Waals surface area contributed by atoms with Crippen molar-refractivity contribution < 1.29 is 14.4 Å². The van der Waals surface area contributed by atoms with E-state index in [2.05, 4.69) is 15.3 Å². The fraction of sp³-hybridized carbons (Fsp3) is 0.458. The number of ketones is 1. The summed E-state index contributed by atoms with van der Waals surface area (Å²) in [6, 6.07) is 2.89. The van der Waals surface area contributed by atoms with Crippen LogP contribution in [0.1, 0.15) is 64.1 Å². The number of likely N-dealkylation sites (tertiary alicyclic amines) is 1. The van der Waals surface area contributed by atoms with Crippen molar-refractivity contribution in [1.29, 1.82) is 0 Å². The lowest BCUT2D eigenvalue weighted by Gasteiger charge is -2.21. The second-order valence-electron chi connectivity index (χ2n) is 9.00. The van der Waals surface area contributed by atoms with Crippen LogP contribution in [0, 0.1) is 5.92 Å². The van der Waals surface area contributed by atoms with Gasteiger partial charge in [-0.25, -0.2) is 9.97 Å². The molecule has 4 heterocycles. The number of nitrogens with one attached hydrogen (secondary N) is 1. The molecule has 10 nitrogen and oxygen atoms in total. The Bertz CT molecular complexity index is 1260. The summed E-state index contributed by atoms with van der Waals surface area (Å²) in [5, 5.41) is 5.51. The summed E-state index contributed by atoms with van der Waals surface area (Å²) in [4.78, 5) is 49.3. The Labute approximate surface area is 218 Å². The van der Waals surface area contributed by atoms with Crippen LogP contribution in [0.15, 0.2) is 29.9 Å². The Morgan fingerprint density at radius 1 is 1.22 bits per heavy atom. The van der Waals surface area contributed by atoms with E-state index in [1.54, 1.807) is 46.3 Å². The molecule has 1 aliphatic heterocycles. The Morgan fingerprint density at radius 2 is 2.03 bits per heavy atom. The molecule has 1 saturated heterocycles. The van der Waals surface area contributed by atoms with Crippen LogP contribution in [-0.4, -0.2) is 63.0 Å². The van der Waals surface area contributed by atoms with Gasteiger partial charge in [0, 0.05) is 49.7 Å². The first-order chi connectivity index (χ1) is 17.3. The van der Waals surface area contributed by atoms with Crippen LogP contribution in [0.2, 0.25) is 5.02 Å². The number of fused-ring (bicyclic) bond motifs is 1. The third-order valence-electron chi connectivity index (χ3n) is 6.38. The summed E-state index contributed by atoms with van der Waals surface area (Å²) in [7, 11) is 1.57. The molecule has 36 heavy (non-hydrogen) atoms. The van der Waals surface area contributed by atoms with E-state index in [9.17, 15) is 14.4 Å². The first-order valence-electron chi connectivity index (χ1n) is 11.9. The maximum Gasteiger partial charge on any atom is 0.274 e. The predicted molar refractivity (Wildman–Crippen MR) is 138 cm³/mol. The number of rotatable bonds is 10. The lowest BCUT2D eigenvalue weighted by molar-refractivity contribution is -0.124.